The third kappa shape index (κ3) is 10.2. The summed E-state index contributed by atoms with van der Waals surface area (Å²) in [6.45, 7) is 10.5. The quantitative estimate of drug-likeness (QED) is 0.0978. The fourth-order valence-electron chi connectivity index (χ4n) is 5.93. The van der Waals surface area contributed by atoms with Gasteiger partial charge in [-0.3, -0.25) is 4.79 Å². The third-order valence-electron chi connectivity index (χ3n) is 8.56. The predicted molar refractivity (Wildman–Crippen MR) is 187 cm³/mol. The molecule has 1 saturated heterocycles. The van der Waals surface area contributed by atoms with Crippen molar-refractivity contribution in [1.29, 1.82) is 0 Å². The van der Waals surface area contributed by atoms with E-state index in [0.717, 1.165) is 49.0 Å². The average Bonchev–Trinajstić information content (AvgIpc) is 3.10. The molecule has 2 aromatic rings. The van der Waals surface area contributed by atoms with E-state index in [-0.39, 0.29) is 0 Å². The monoisotopic (exact) mass is 706 g/mol. The molecule has 1 aliphatic heterocycles. The standard InChI is InChI=1S/C38H55ClO10/c1-8-12-21-45-33-34(46-22-13-9-2)37(36(41)42-6,26-48-27(5)40)49-38(43-7,35(33)47-23-14-10-3)30-17-20-32(39)29(25-30)24-28-15-18-31(19-16-28)44-11-4/h15-20,25,33-35H,8-14,21-24,26H2,1-7H3/t33-,34-,35+,37+,38-/m0/s1. The topological polar surface area (TPSA) is 108 Å². The molecular formula is C38H55ClO10. The molecule has 0 amide bonds. The van der Waals surface area contributed by atoms with Gasteiger partial charge in [-0.2, -0.15) is 0 Å². The summed E-state index contributed by atoms with van der Waals surface area (Å²) < 4.78 is 49.6. The van der Waals surface area contributed by atoms with Gasteiger partial charge in [0.25, 0.3) is 0 Å². The number of esters is 2. The van der Waals surface area contributed by atoms with Gasteiger partial charge >= 0.3 is 11.9 Å². The maximum atomic E-state index is 14.1. The normalized spacial score (nSPS) is 23.6. The zero-order valence-electron chi connectivity index (χ0n) is 30.2. The Labute approximate surface area is 297 Å². The summed E-state index contributed by atoms with van der Waals surface area (Å²) in [7, 11) is 2.75. The van der Waals surface area contributed by atoms with Crippen molar-refractivity contribution in [2.45, 2.75) is 109 Å². The summed E-state index contributed by atoms with van der Waals surface area (Å²) in [5.74, 6) is -2.36. The highest BCUT2D eigenvalue weighted by Crippen LogP contribution is 2.48. The molecule has 5 atom stereocenters. The highest BCUT2D eigenvalue weighted by Gasteiger charge is 2.68. The Balaban J connectivity index is 2.27. The fourth-order valence-corrected chi connectivity index (χ4v) is 6.12. The van der Waals surface area contributed by atoms with Crippen molar-refractivity contribution in [2.24, 2.45) is 0 Å². The number of carbonyl (C=O) groups excluding carboxylic acids is 2. The number of unbranched alkanes of at least 4 members (excludes halogenated alkanes) is 3. The van der Waals surface area contributed by atoms with Gasteiger partial charge in [0.15, 0.2) is 0 Å². The van der Waals surface area contributed by atoms with Crippen LogP contribution in [0.15, 0.2) is 42.5 Å². The Hall–Kier alpha value is -2.73. The second-order valence-corrected chi connectivity index (χ2v) is 12.6. The molecule has 1 fully saturated rings. The van der Waals surface area contributed by atoms with Crippen LogP contribution in [0.4, 0.5) is 0 Å². The van der Waals surface area contributed by atoms with Crippen molar-refractivity contribution in [2.75, 3.05) is 47.3 Å². The maximum Gasteiger partial charge on any atom is 0.344 e. The van der Waals surface area contributed by atoms with Gasteiger partial charge in [-0.1, -0.05) is 69.8 Å². The minimum Gasteiger partial charge on any atom is -0.494 e. The van der Waals surface area contributed by atoms with E-state index in [1.165, 1.54) is 21.1 Å². The molecule has 3 rings (SSSR count). The largest absolute Gasteiger partial charge is 0.494 e. The van der Waals surface area contributed by atoms with Crippen LogP contribution in [-0.4, -0.2) is 83.1 Å². The van der Waals surface area contributed by atoms with Crippen molar-refractivity contribution in [1.82, 2.24) is 0 Å². The number of benzene rings is 2. The van der Waals surface area contributed by atoms with Crippen molar-refractivity contribution in [3.63, 3.8) is 0 Å². The molecule has 2 aromatic carbocycles. The Morgan fingerprint density at radius 1 is 0.837 bits per heavy atom. The van der Waals surface area contributed by atoms with E-state index in [0.29, 0.717) is 49.9 Å². The first kappa shape index (κ1) is 40.7. The number of ether oxygens (including phenoxy) is 8. The number of halogens is 1. The molecule has 1 heterocycles. The van der Waals surface area contributed by atoms with E-state index in [4.69, 9.17) is 49.5 Å². The molecule has 0 spiro atoms. The van der Waals surface area contributed by atoms with E-state index in [2.05, 4.69) is 13.8 Å². The predicted octanol–water partition coefficient (Wildman–Crippen LogP) is 7.19. The summed E-state index contributed by atoms with van der Waals surface area (Å²) in [6.07, 6.45) is 2.46. The molecule has 0 radical (unpaired) electrons. The lowest BCUT2D eigenvalue weighted by molar-refractivity contribution is -0.403. The van der Waals surface area contributed by atoms with E-state index in [9.17, 15) is 9.59 Å². The maximum absolute atomic E-state index is 14.1. The van der Waals surface area contributed by atoms with Crippen LogP contribution in [0.1, 0.15) is 89.8 Å². The van der Waals surface area contributed by atoms with Crippen molar-refractivity contribution >= 4 is 23.5 Å². The molecule has 0 unspecified atom stereocenters. The lowest BCUT2D eigenvalue weighted by atomic mass is 9.80. The zero-order valence-corrected chi connectivity index (χ0v) is 31.0. The molecule has 274 valence electrons. The number of carbonyl (C=O) groups is 2. The Morgan fingerprint density at radius 3 is 2.00 bits per heavy atom. The molecule has 0 bridgehead atoms. The lowest BCUT2D eigenvalue weighted by Crippen LogP contribution is -2.74. The molecule has 0 saturated carbocycles. The van der Waals surface area contributed by atoms with Crippen LogP contribution in [0.25, 0.3) is 0 Å². The minimum absolute atomic E-state index is 0.297. The highest BCUT2D eigenvalue weighted by molar-refractivity contribution is 6.31. The molecule has 49 heavy (non-hydrogen) atoms. The number of rotatable bonds is 21. The van der Waals surface area contributed by atoms with Crippen LogP contribution in [0.3, 0.4) is 0 Å². The Morgan fingerprint density at radius 2 is 1.45 bits per heavy atom. The van der Waals surface area contributed by atoms with Gasteiger partial charge in [-0.05, 0) is 68.0 Å². The zero-order chi connectivity index (χ0) is 35.9. The van der Waals surface area contributed by atoms with Crippen LogP contribution in [0.2, 0.25) is 5.02 Å². The Kier molecular flexibility index (Phi) is 16.8. The molecule has 11 heteroatoms. The summed E-state index contributed by atoms with van der Waals surface area (Å²) >= 11 is 6.80. The van der Waals surface area contributed by atoms with Crippen LogP contribution in [0, 0.1) is 0 Å². The summed E-state index contributed by atoms with van der Waals surface area (Å²) in [4.78, 5) is 26.3. The molecule has 0 aromatic heterocycles. The molecule has 0 aliphatic carbocycles. The Bertz CT molecular complexity index is 1300. The second kappa shape index (κ2) is 20.2. The van der Waals surface area contributed by atoms with E-state index >= 15 is 0 Å². The molecule has 1 aliphatic rings. The van der Waals surface area contributed by atoms with E-state index in [1.54, 1.807) is 12.1 Å². The summed E-state index contributed by atoms with van der Waals surface area (Å²) in [5, 5.41) is 0.541. The molecule has 0 N–H and O–H groups in total. The minimum atomic E-state index is -1.99. The van der Waals surface area contributed by atoms with Crippen LogP contribution in [-0.2, 0) is 55.0 Å². The van der Waals surface area contributed by atoms with Gasteiger partial charge < -0.3 is 37.9 Å². The first-order valence-electron chi connectivity index (χ1n) is 17.5. The van der Waals surface area contributed by atoms with Gasteiger partial charge in [0.05, 0.1) is 13.7 Å². The first-order chi connectivity index (χ1) is 23.7. The van der Waals surface area contributed by atoms with E-state index < -0.39 is 48.2 Å². The smallest absolute Gasteiger partial charge is 0.344 e. The van der Waals surface area contributed by atoms with Gasteiger partial charge in [0.1, 0.15) is 30.7 Å². The molecular weight excluding hydrogens is 652 g/mol. The number of hydrogen-bond donors (Lipinski definition) is 0. The number of hydrogen-bond acceptors (Lipinski definition) is 10. The van der Waals surface area contributed by atoms with Crippen molar-refractivity contribution in [3.05, 3.63) is 64.2 Å². The van der Waals surface area contributed by atoms with Crippen LogP contribution >= 0.6 is 11.6 Å². The second-order valence-electron chi connectivity index (χ2n) is 12.2. The highest BCUT2D eigenvalue weighted by atomic mass is 35.5. The number of methoxy groups -OCH3 is 2. The summed E-state index contributed by atoms with van der Waals surface area (Å²) in [6, 6.07) is 13.3. The SMILES string of the molecule is CCCCO[C@@H]1[C@@H](OCCCC)[C@](OC)(c2ccc(Cl)c(Cc3ccc(OCC)cc3)c2)O[C@@](COC(C)=O)(C(=O)OC)[C@H]1OCCCC. The van der Waals surface area contributed by atoms with Crippen molar-refractivity contribution in [3.8, 4) is 5.75 Å². The third-order valence-corrected chi connectivity index (χ3v) is 8.93. The van der Waals surface area contributed by atoms with Crippen molar-refractivity contribution < 1.29 is 47.5 Å². The van der Waals surface area contributed by atoms with Gasteiger partial charge in [0, 0.05) is 44.4 Å². The first-order valence-corrected chi connectivity index (χ1v) is 17.9. The fraction of sp³-hybridized carbons (Fsp3) is 0.632. The van der Waals surface area contributed by atoms with Gasteiger partial charge in [-0.15, -0.1) is 0 Å². The molecule has 10 nitrogen and oxygen atoms in total. The summed E-state index contributed by atoms with van der Waals surface area (Å²) in [5.41, 5.74) is 0.358. The van der Waals surface area contributed by atoms with Crippen LogP contribution < -0.4 is 4.74 Å². The lowest BCUT2D eigenvalue weighted by Gasteiger charge is -2.55. The van der Waals surface area contributed by atoms with Crippen LogP contribution in [0.5, 0.6) is 5.75 Å². The van der Waals surface area contributed by atoms with Gasteiger partial charge in [-0.25, -0.2) is 4.79 Å². The average molecular weight is 707 g/mol. The van der Waals surface area contributed by atoms with Gasteiger partial charge in [0.2, 0.25) is 11.4 Å². The van der Waals surface area contributed by atoms with E-state index in [1.807, 2.05) is 44.2 Å².